The van der Waals surface area contributed by atoms with Gasteiger partial charge in [0.15, 0.2) is 0 Å². The zero-order valence-electron chi connectivity index (χ0n) is 9.53. The van der Waals surface area contributed by atoms with E-state index in [0.29, 0.717) is 12.5 Å². The SMILES string of the molecule is NC[C@@H](CN1CCCC1)c1ccc(Cl)cc1. The summed E-state index contributed by atoms with van der Waals surface area (Å²) >= 11 is 5.89. The Morgan fingerprint density at radius 1 is 1.19 bits per heavy atom. The molecule has 0 saturated carbocycles. The molecule has 3 heteroatoms. The number of hydrogen-bond acceptors (Lipinski definition) is 2. The maximum Gasteiger partial charge on any atom is 0.0406 e. The summed E-state index contributed by atoms with van der Waals surface area (Å²) in [5.74, 6) is 0.440. The summed E-state index contributed by atoms with van der Waals surface area (Å²) in [6, 6.07) is 8.08. The van der Waals surface area contributed by atoms with Crippen molar-refractivity contribution in [1.82, 2.24) is 4.90 Å². The molecule has 1 aliphatic heterocycles. The van der Waals surface area contributed by atoms with Crippen molar-refractivity contribution in [1.29, 1.82) is 0 Å². The third kappa shape index (κ3) is 2.97. The van der Waals surface area contributed by atoms with Gasteiger partial charge in [-0.05, 0) is 43.6 Å². The molecule has 1 atom stereocenters. The second-order valence-corrected chi connectivity index (χ2v) is 4.93. The summed E-state index contributed by atoms with van der Waals surface area (Å²) < 4.78 is 0. The van der Waals surface area contributed by atoms with Crippen LogP contribution in [0, 0.1) is 0 Å². The molecule has 2 nitrogen and oxygen atoms in total. The Balaban J connectivity index is 2.00. The normalized spacial score (nSPS) is 18.9. The topological polar surface area (TPSA) is 29.3 Å². The average Bonchev–Trinajstić information content (AvgIpc) is 2.80. The molecule has 16 heavy (non-hydrogen) atoms. The van der Waals surface area contributed by atoms with Gasteiger partial charge in [-0.2, -0.15) is 0 Å². The lowest BCUT2D eigenvalue weighted by Gasteiger charge is -2.22. The van der Waals surface area contributed by atoms with Crippen LogP contribution in [0.3, 0.4) is 0 Å². The molecule has 88 valence electrons. The Bertz CT molecular complexity index is 317. The average molecular weight is 239 g/mol. The van der Waals surface area contributed by atoms with E-state index in [2.05, 4.69) is 17.0 Å². The van der Waals surface area contributed by atoms with Crippen molar-refractivity contribution >= 4 is 11.6 Å². The number of likely N-dealkylation sites (tertiary alicyclic amines) is 1. The van der Waals surface area contributed by atoms with Gasteiger partial charge < -0.3 is 10.6 Å². The quantitative estimate of drug-likeness (QED) is 0.873. The smallest absolute Gasteiger partial charge is 0.0406 e. The second-order valence-electron chi connectivity index (χ2n) is 4.49. The number of hydrogen-bond donors (Lipinski definition) is 1. The minimum atomic E-state index is 0.440. The Kier molecular flexibility index (Phi) is 4.22. The summed E-state index contributed by atoms with van der Waals surface area (Å²) in [5, 5.41) is 0.792. The fraction of sp³-hybridized carbons (Fsp3) is 0.538. The second kappa shape index (κ2) is 5.67. The first-order valence-corrected chi connectivity index (χ1v) is 6.35. The number of rotatable bonds is 4. The number of benzene rings is 1. The maximum absolute atomic E-state index is 5.89. The van der Waals surface area contributed by atoms with Gasteiger partial charge in [-0.15, -0.1) is 0 Å². The molecule has 0 aromatic heterocycles. The van der Waals surface area contributed by atoms with E-state index in [1.165, 1.54) is 31.5 Å². The highest BCUT2D eigenvalue weighted by Crippen LogP contribution is 2.20. The number of nitrogens with zero attached hydrogens (tertiary/aromatic N) is 1. The maximum atomic E-state index is 5.89. The van der Waals surface area contributed by atoms with Crippen molar-refractivity contribution in [3.05, 3.63) is 34.9 Å². The van der Waals surface area contributed by atoms with Gasteiger partial charge in [-0.25, -0.2) is 0 Å². The van der Waals surface area contributed by atoms with Gasteiger partial charge in [0.2, 0.25) is 0 Å². The molecule has 0 aliphatic carbocycles. The number of halogens is 1. The van der Waals surface area contributed by atoms with Crippen LogP contribution in [0.25, 0.3) is 0 Å². The van der Waals surface area contributed by atoms with Gasteiger partial charge >= 0.3 is 0 Å². The van der Waals surface area contributed by atoms with Crippen LogP contribution in [0.15, 0.2) is 24.3 Å². The Hall–Kier alpha value is -0.570. The summed E-state index contributed by atoms with van der Waals surface area (Å²) in [6.45, 7) is 4.24. The first-order chi connectivity index (χ1) is 7.79. The molecular weight excluding hydrogens is 220 g/mol. The van der Waals surface area contributed by atoms with Gasteiger partial charge in [-0.3, -0.25) is 0 Å². The van der Waals surface area contributed by atoms with Crippen LogP contribution >= 0.6 is 11.6 Å². The van der Waals surface area contributed by atoms with Crippen molar-refractivity contribution in [2.75, 3.05) is 26.2 Å². The molecule has 1 saturated heterocycles. The van der Waals surface area contributed by atoms with E-state index in [-0.39, 0.29) is 0 Å². The first-order valence-electron chi connectivity index (χ1n) is 5.97. The zero-order chi connectivity index (χ0) is 11.4. The van der Waals surface area contributed by atoms with Crippen LogP contribution in [0.5, 0.6) is 0 Å². The van der Waals surface area contributed by atoms with Crippen LogP contribution in [0.4, 0.5) is 0 Å². The predicted octanol–water partition coefficient (Wildman–Crippen LogP) is 2.48. The van der Waals surface area contributed by atoms with E-state index in [4.69, 9.17) is 17.3 Å². The van der Waals surface area contributed by atoms with Gasteiger partial charge in [0.05, 0.1) is 0 Å². The third-order valence-corrected chi connectivity index (χ3v) is 3.56. The molecule has 1 aromatic carbocycles. The van der Waals surface area contributed by atoms with E-state index in [9.17, 15) is 0 Å². The monoisotopic (exact) mass is 238 g/mol. The van der Waals surface area contributed by atoms with Crippen molar-refractivity contribution in [2.24, 2.45) is 5.73 Å². The fourth-order valence-corrected chi connectivity index (χ4v) is 2.45. The van der Waals surface area contributed by atoms with E-state index in [1.807, 2.05) is 12.1 Å². The van der Waals surface area contributed by atoms with Gasteiger partial charge in [-0.1, -0.05) is 23.7 Å². The molecule has 0 unspecified atom stereocenters. The van der Waals surface area contributed by atoms with E-state index in [1.54, 1.807) is 0 Å². The van der Waals surface area contributed by atoms with Crippen molar-refractivity contribution in [3.63, 3.8) is 0 Å². The van der Waals surface area contributed by atoms with Crippen LogP contribution in [0.2, 0.25) is 5.02 Å². The molecule has 0 spiro atoms. The van der Waals surface area contributed by atoms with Crippen molar-refractivity contribution < 1.29 is 0 Å². The van der Waals surface area contributed by atoms with E-state index in [0.717, 1.165) is 11.6 Å². The molecule has 2 rings (SSSR count). The highest BCUT2D eigenvalue weighted by atomic mass is 35.5. The van der Waals surface area contributed by atoms with Crippen LogP contribution < -0.4 is 5.73 Å². The third-order valence-electron chi connectivity index (χ3n) is 3.30. The molecule has 1 heterocycles. The lowest BCUT2D eigenvalue weighted by Crippen LogP contribution is -2.29. The summed E-state index contributed by atoms with van der Waals surface area (Å²) in [7, 11) is 0. The molecule has 2 N–H and O–H groups in total. The summed E-state index contributed by atoms with van der Waals surface area (Å²) in [5.41, 5.74) is 7.17. The Labute approximate surface area is 102 Å². The van der Waals surface area contributed by atoms with Crippen molar-refractivity contribution in [2.45, 2.75) is 18.8 Å². The zero-order valence-corrected chi connectivity index (χ0v) is 10.3. The minimum absolute atomic E-state index is 0.440. The number of nitrogens with two attached hydrogens (primary N) is 1. The van der Waals surface area contributed by atoms with Crippen LogP contribution in [-0.2, 0) is 0 Å². The minimum Gasteiger partial charge on any atom is -0.330 e. The van der Waals surface area contributed by atoms with Crippen molar-refractivity contribution in [3.8, 4) is 0 Å². The first kappa shape index (κ1) is 11.9. The van der Waals surface area contributed by atoms with Gasteiger partial charge in [0.1, 0.15) is 0 Å². The Morgan fingerprint density at radius 3 is 2.38 bits per heavy atom. The van der Waals surface area contributed by atoms with Crippen LogP contribution in [-0.4, -0.2) is 31.1 Å². The molecule has 1 aliphatic rings. The summed E-state index contributed by atoms with van der Waals surface area (Å²) in [6.07, 6.45) is 2.66. The largest absolute Gasteiger partial charge is 0.330 e. The highest BCUT2D eigenvalue weighted by molar-refractivity contribution is 6.30. The molecule has 1 aromatic rings. The van der Waals surface area contributed by atoms with E-state index >= 15 is 0 Å². The lowest BCUT2D eigenvalue weighted by molar-refractivity contribution is 0.315. The standard InChI is InChI=1S/C13H19ClN2/c14-13-5-3-11(4-6-13)12(9-15)10-16-7-1-2-8-16/h3-6,12H,1-2,7-10,15H2/t12-/m0/s1. The van der Waals surface area contributed by atoms with Gasteiger partial charge in [0, 0.05) is 24.0 Å². The predicted molar refractivity (Wildman–Crippen MR) is 68.9 cm³/mol. The molecular formula is C13H19ClN2. The molecule has 0 radical (unpaired) electrons. The van der Waals surface area contributed by atoms with E-state index < -0.39 is 0 Å². The van der Waals surface area contributed by atoms with Gasteiger partial charge in [0.25, 0.3) is 0 Å². The van der Waals surface area contributed by atoms with Crippen LogP contribution in [0.1, 0.15) is 24.3 Å². The Morgan fingerprint density at radius 2 is 1.81 bits per heavy atom. The highest BCUT2D eigenvalue weighted by Gasteiger charge is 2.17. The lowest BCUT2D eigenvalue weighted by atomic mass is 9.99. The fourth-order valence-electron chi connectivity index (χ4n) is 2.33. The summed E-state index contributed by atoms with van der Waals surface area (Å²) in [4.78, 5) is 2.51. The molecule has 0 bridgehead atoms. The molecule has 0 amide bonds. The molecule has 1 fully saturated rings.